The normalized spacial score (nSPS) is 28.8. The van der Waals surface area contributed by atoms with Crippen LogP contribution in [0.2, 0.25) is 0 Å². The van der Waals surface area contributed by atoms with Crippen LogP contribution in [0.15, 0.2) is 53.5 Å². The second-order valence-corrected chi connectivity index (χ2v) is 24.5. The first-order chi connectivity index (χ1) is 39.8. The summed E-state index contributed by atoms with van der Waals surface area (Å²) in [6.45, 7) is -3.50. The number of phosphoric acid groups is 4. The maximum Gasteiger partial charge on any atom is 0.472 e. The van der Waals surface area contributed by atoms with Crippen molar-refractivity contribution in [1.29, 1.82) is 0 Å². The predicted octanol–water partition coefficient (Wildman–Crippen LogP) is -1.49. The number of aliphatic hydroxyl groups is 1. The van der Waals surface area contributed by atoms with E-state index in [2.05, 4.69) is 54.4 Å². The number of nitrogen functional groups attached to an aromatic ring is 4. The molecular weight excluding hydrogens is 1210 g/mol. The van der Waals surface area contributed by atoms with E-state index < -0.39 is 143 Å². The summed E-state index contributed by atoms with van der Waals surface area (Å²) in [7, 11) is -21.1. The highest BCUT2D eigenvalue weighted by Crippen LogP contribution is 2.54. The van der Waals surface area contributed by atoms with E-state index in [1.54, 1.807) is 0 Å². The van der Waals surface area contributed by atoms with E-state index in [4.69, 9.17) is 69.0 Å². The van der Waals surface area contributed by atoms with Crippen LogP contribution in [0.25, 0.3) is 33.5 Å². The van der Waals surface area contributed by atoms with Crippen molar-refractivity contribution in [2.24, 2.45) is 0 Å². The number of rotatable bonds is 22. The molecule has 0 amide bonds. The monoisotopic (exact) mass is 1260 g/mol. The number of aromatic nitrogens is 14. The number of nitrogens with zero attached hydrogens (tertiary/aromatic N) is 13. The van der Waals surface area contributed by atoms with Crippen molar-refractivity contribution in [1.82, 2.24) is 68.1 Å². The number of imidazole rings is 3. The van der Waals surface area contributed by atoms with Gasteiger partial charge in [-0.15, -0.1) is 0 Å². The Balaban J connectivity index is 0.794. The van der Waals surface area contributed by atoms with Crippen LogP contribution >= 0.6 is 31.3 Å². The molecule has 4 fully saturated rings. The highest BCUT2D eigenvalue weighted by atomic mass is 31.2. The van der Waals surface area contributed by atoms with Gasteiger partial charge >= 0.3 is 37.0 Å². The molecule has 454 valence electrons. The Bertz CT molecular complexity index is 3920. The van der Waals surface area contributed by atoms with Crippen molar-refractivity contribution in [2.75, 3.05) is 49.4 Å². The summed E-state index contributed by atoms with van der Waals surface area (Å²) >= 11 is 0. The Morgan fingerprint density at radius 1 is 0.536 bits per heavy atom. The number of aliphatic hydroxyl groups excluding tert-OH is 1. The number of hydrogen-bond acceptors (Lipinski definition) is 31. The van der Waals surface area contributed by atoms with E-state index in [0.717, 1.165) is 23.5 Å². The molecule has 4 aliphatic rings. The zero-order chi connectivity index (χ0) is 59.6. The number of hydrogen-bond donors (Lipinski definition) is 11. The lowest BCUT2D eigenvalue weighted by atomic mass is 10.2. The van der Waals surface area contributed by atoms with Crippen LogP contribution in [0, 0.1) is 0 Å². The Labute approximate surface area is 467 Å². The molecule has 11 heterocycles. The van der Waals surface area contributed by atoms with E-state index >= 15 is 0 Å². The Morgan fingerprint density at radius 3 is 1.42 bits per heavy atom. The first-order valence-corrected chi connectivity index (χ1v) is 30.7. The van der Waals surface area contributed by atoms with Gasteiger partial charge in [0.15, 0.2) is 34.1 Å². The van der Waals surface area contributed by atoms with Crippen molar-refractivity contribution in [3.05, 3.63) is 64.7 Å². The minimum absolute atomic E-state index is 0.00362. The fourth-order valence-electron chi connectivity index (χ4n) is 9.67. The number of anilines is 4. The van der Waals surface area contributed by atoms with Gasteiger partial charge in [-0.05, 0) is 6.07 Å². The smallest absolute Gasteiger partial charge is 0.390 e. The lowest BCUT2D eigenvalue weighted by molar-refractivity contribution is -0.0622. The molecule has 0 bridgehead atoms. The summed E-state index contributed by atoms with van der Waals surface area (Å²) < 4.78 is 120. The minimum Gasteiger partial charge on any atom is -0.390 e. The topological polar surface area (TPSA) is 581 Å². The molecule has 3 unspecified atom stereocenters. The molecule has 15 atom stereocenters. The number of H-pyrrole nitrogens is 1. The predicted molar refractivity (Wildman–Crippen MR) is 275 cm³/mol. The highest BCUT2D eigenvalue weighted by molar-refractivity contribution is 7.48. The summed E-state index contributed by atoms with van der Waals surface area (Å²) in [5, 5.41) is 10.7. The molecule has 4 saturated heterocycles. The molecule has 7 aromatic rings. The van der Waals surface area contributed by atoms with E-state index in [1.807, 2.05) is 0 Å². The number of ether oxygens (including phenoxy) is 4. The molecule has 84 heavy (non-hydrogen) atoms. The molecular formula is C39H50N18O23P4. The van der Waals surface area contributed by atoms with Gasteiger partial charge < -0.3 is 71.5 Å². The average Bonchev–Trinajstić information content (AvgIpc) is 2.98. The maximum absolute atomic E-state index is 14.1. The van der Waals surface area contributed by atoms with E-state index in [1.165, 1.54) is 38.6 Å². The van der Waals surface area contributed by atoms with E-state index in [9.17, 15) is 57.4 Å². The number of nitrogens with two attached hydrogens (primary N) is 4. The highest BCUT2D eigenvalue weighted by Gasteiger charge is 2.49. The standard InChI is InChI=1S/C39H50N18O23P4/c40-24-1-2-54(39(60)51-24)25-3-16(58)20(74-25)7-71-82(64,65)79-18-4-26(55-13-48-29-32(41)44-11-46-34(29)55)76-22(18)9-73-84(68,69)80-19-5-27(56-14-49-30-33(42)45-12-47-35(30)56)77-23(19)10-72-83(66,67)78-17-6-28(75-21(17)8-70-81(61,62)63)57-15-50-31-36(57)52-38(43)53-37(31)59/h1-2,11-23,25-28,58H,3-10H2,(H,64,65)(H,66,67)(H,68,69)(H2,40,51,60)(H2,41,44,46)(H2,42,45,47)(H2,61,62,63)(H3,43,52,53,59)/t16-,17-,18-,19-,20+,21+,22+,23+,25+,26+,27+,28+/m0/s1. The van der Waals surface area contributed by atoms with Crippen LogP contribution < -0.4 is 34.2 Å². The third-order valence-corrected chi connectivity index (χ3v) is 17.0. The second-order valence-electron chi connectivity index (χ2n) is 19.0. The van der Waals surface area contributed by atoms with Crippen molar-refractivity contribution < 1.29 is 98.4 Å². The zero-order valence-corrected chi connectivity index (χ0v) is 46.2. The number of fused-ring (bicyclic) bond motifs is 3. The molecule has 15 N–H and O–H groups in total. The summed E-state index contributed by atoms with van der Waals surface area (Å²) in [6.07, 6.45) is -10.2. The lowest BCUT2D eigenvalue weighted by Crippen LogP contribution is -2.31. The van der Waals surface area contributed by atoms with Crippen LogP contribution in [0.5, 0.6) is 0 Å². The third-order valence-electron chi connectivity index (χ3n) is 13.5. The van der Waals surface area contributed by atoms with Gasteiger partial charge in [0.25, 0.3) is 5.56 Å². The fourth-order valence-corrected chi connectivity index (χ4v) is 12.9. The molecule has 45 heteroatoms. The van der Waals surface area contributed by atoms with Crippen LogP contribution in [-0.4, -0.2) is 173 Å². The number of phosphoric ester groups is 4. The van der Waals surface area contributed by atoms with Crippen LogP contribution in [0.1, 0.15) is 50.6 Å². The van der Waals surface area contributed by atoms with Gasteiger partial charge in [-0.3, -0.25) is 59.7 Å². The molecule has 0 radical (unpaired) electrons. The van der Waals surface area contributed by atoms with Gasteiger partial charge in [-0.2, -0.15) is 9.97 Å². The molecule has 11 rings (SSSR count). The Hall–Kier alpha value is -6.23. The van der Waals surface area contributed by atoms with Crippen molar-refractivity contribution >= 4 is 88.2 Å². The summed E-state index contributed by atoms with van der Waals surface area (Å²) in [5.41, 5.74) is 22.2. The summed E-state index contributed by atoms with van der Waals surface area (Å²) in [6, 6.07) is 1.33. The third kappa shape index (κ3) is 13.0. The first-order valence-electron chi connectivity index (χ1n) is 24.7. The molecule has 7 aromatic heterocycles. The molecule has 4 aliphatic heterocycles. The quantitative estimate of drug-likeness (QED) is 0.0345. The van der Waals surface area contributed by atoms with Crippen molar-refractivity contribution in [3.8, 4) is 0 Å². The summed E-state index contributed by atoms with van der Waals surface area (Å²) in [4.78, 5) is 116. The van der Waals surface area contributed by atoms with Crippen molar-refractivity contribution in [3.63, 3.8) is 0 Å². The lowest BCUT2D eigenvalue weighted by Gasteiger charge is -2.25. The zero-order valence-electron chi connectivity index (χ0n) is 42.7. The van der Waals surface area contributed by atoms with Gasteiger partial charge in [0.2, 0.25) is 5.95 Å². The van der Waals surface area contributed by atoms with Gasteiger partial charge in [0, 0.05) is 31.9 Å². The molecule has 0 spiro atoms. The maximum atomic E-state index is 14.1. The van der Waals surface area contributed by atoms with Crippen LogP contribution in [-0.2, 0) is 68.9 Å². The van der Waals surface area contributed by atoms with Gasteiger partial charge in [-0.1, -0.05) is 0 Å². The fraction of sp³-hybridized carbons (Fsp3) is 0.513. The molecule has 41 nitrogen and oxygen atoms in total. The van der Waals surface area contributed by atoms with Gasteiger partial charge in [-0.25, -0.2) is 57.9 Å². The minimum atomic E-state index is -5.38. The average molecular weight is 1260 g/mol. The van der Waals surface area contributed by atoms with Crippen LogP contribution in [0.4, 0.5) is 23.4 Å². The van der Waals surface area contributed by atoms with Crippen molar-refractivity contribution in [2.45, 2.75) is 99.4 Å². The van der Waals surface area contributed by atoms with E-state index in [-0.39, 0.29) is 82.6 Å². The Morgan fingerprint density at radius 2 is 0.952 bits per heavy atom. The Kier molecular flexibility index (Phi) is 16.4. The molecule has 0 aromatic carbocycles. The van der Waals surface area contributed by atoms with Gasteiger partial charge in [0.05, 0.1) is 51.5 Å². The van der Waals surface area contributed by atoms with Crippen LogP contribution in [0.3, 0.4) is 0 Å². The second kappa shape index (κ2) is 23.2. The summed E-state index contributed by atoms with van der Waals surface area (Å²) in [5.74, 6) is -0.364. The van der Waals surface area contributed by atoms with E-state index in [0.29, 0.717) is 0 Å². The van der Waals surface area contributed by atoms with Gasteiger partial charge in [0.1, 0.15) is 97.1 Å². The molecule has 0 saturated carbocycles. The molecule has 0 aliphatic carbocycles. The SMILES string of the molecule is Nc1ccn([C@H]2C[C@H](O)[C@@H](COP(=O)(O)O[C@H]3C[C@H](n4cnc5c(N)ncnc54)O[C@@H]3COP(=O)(O)O[C@H]3C[C@H](n4cnc5c(N)ncnc54)O[C@@H]3COP(=O)(O)O[C@H]3C[C@H](n4cnc5c(=O)[nH]c(N)nc54)O[C@@H]3COP(=O)(O)O)O2)c(=O)n1. The number of aromatic amines is 1. The largest absolute Gasteiger partial charge is 0.472 e. The first kappa shape index (κ1) is 59.5. The number of nitrogens with one attached hydrogen (secondary N) is 1.